The number of nitrogens with zero attached hydrogens (tertiary/aromatic N) is 6. The average molecular weight is 518 g/mol. The summed E-state index contributed by atoms with van der Waals surface area (Å²) in [5.74, 6) is 0.824. The minimum atomic E-state index is -0.463. The summed E-state index contributed by atoms with van der Waals surface area (Å²) in [5, 5.41) is 20.4. The van der Waals surface area contributed by atoms with Crippen LogP contribution in [0.5, 0.6) is 0 Å². The van der Waals surface area contributed by atoms with Crippen LogP contribution in [0.3, 0.4) is 0 Å². The minimum Gasteiger partial charge on any atom is -0.377 e. The molecule has 0 radical (unpaired) electrons. The summed E-state index contributed by atoms with van der Waals surface area (Å²) in [4.78, 5) is 14.2. The molecular formula is C25H33Cl2N7O. The number of nitrogens with one attached hydrogen (secondary N) is 1. The molecule has 2 saturated heterocycles. The zero-order chi connectivity index (χ0) is 24.7. The van der Waals surface area contributed by atoms with Gasteiger partial charge in [-0.05, 0) is 57.9 Å². The number of anilines is 1. The lowest BCUT2D eigenvalue weighted by Crippen LogP contribution is -2.61. The van der Waals surface area contributed by atoms with Crippen molar-refractivity contribution in [1.29, 1.82) is 0 Å². The van der Waals surface area contributed by atoms with Gasteiger partial charge in [0.15, 0.2) is 5.65 Å². The maximum absolute atomic E-state index is 11.0. The first-order valence-corrected chi connectivity index (χ1v) is 13.2. The first-order valence-electron chi connectivity index (χ1n) is 12.4. The van der Waals surface area contributed by atoms with Gasteiger partial charge in [-0.15, -0.1) is 0 Å². The van der Waals surface area contributed by atoms with E-state index < -0.39 is 6.23 Å². The number of halogens is 2. The molecule has 4 atom stereocenters. The molecule has 0 saturated carbocycles. The van der Waals surface area contributed by atoms with Gasteiger partial charge < -0.3 is 15.3 Å². The molecule has 10 heteroatoms. The molecule has 2 aliphatic rings. The van der Waals surface area contributed by atoms with Crippen molar-refractivity contribution < 1.29 is 5.11 Å². The van der Waals surface area contributed by atoms with Crippen molar-refractivity contribution in [3.63, 3.8) is 0 Å². The van der Waals surface area contributed by atoms with E-state index in [0.717, 1.165) is 60.8 Å². The summed E-state index contributed by atoms with van der Waals surface area (Å²) >= 11 is 12.6. The molecule has 1 aromatic carbocycles. The van der Waals surface area contributed by atoms with Crippen molar-refractivity contribution in [3.05, 3.63) is 45.7 Å². The summed E-state index contributed by atoms with van der Waals surface area (Å²) in [7, 11) is 0. The molecule has 0 aliphatic carbocycles. The molecule has 2 fully saturated rings. The lowest BCUT2D eigenvalue weighted by atomic mass is 10.0. The number of aliphatic hydroxyl groups excluding tert-OH is 1. The topological polar surface area (TPSA) is 82.3 Å². The maximum Gasteiger partial charge on any atom is 0.179 e. The van der Waals surface area contributed by atoms with Gasteiger partial charge in [-0.3, -0.25) is 4.90 Å². The SMILES string of the molecule is Cc1nn(C(C)c2ccc(Cl)cc2Cl)c2nc(N3CCN(C(O)C4CCCCN4)C(C)C3)cnc12. The highest BCUT2D eigenvalue weighted by molar-refractivity contribution is 6.35. The van der Waals surface area contributed by atoms with Crippen LogP contribution in [0.1, 0.15) is 50.4 Å². The van der Waals surface area contributed by atoms with Crippen LogP contribution in [0, 0.1) is 6.92 Å². The Balaban J connectivity index is 1.38. The van der Waals surface area contributed by atoms with Gasteiger partial charge in [-0.2, -0.15) is 5.10 Å². The molecule has 35 heavy (non-hydrogen) atoms. The van der Waals surface area contributed by atoms with Crippen LogP contribution >= 0.6 is 23.2 Å². The van der Waals surface area contributed by atoms with Gasteiger partial charge in [-0.25, -0.2) is 14.6 Å². The lowest BCUT2D eigenvalue weighted by Gasteiger charge is -2.45. The first kappa shape index (κ1) is 24.7. The fourth-order valence-electron chi connectivity index (χ4n) is 5.37. The lowest BCUT2D eigenvalue weighted by molar-refractivity contribution is -0.0546. The predicted octanol–water partition coefficient (Wildman–Crippen LogP) is 4.02. The van der Waals surface area contributed by atoms with Gasteiger partial charge in [0.1, 0.15) is 17.6 Å². The quantitative estimate of drug-likeness (QED) is 0.528. The zero-order valence-corrected chi connectivity index (χ0v) is 22.0. The third-order valence-corrected chi connectivity index (χ3v) is 7.95. The fraction of sp³-hybridized carbons (Fsp3) is 0.560. The van der Waals surface area contributed by atoms with Crippen molar-refractivity contribution in [2.45, 2.75) is 64.4 Å². The van der Waals surface area contributed by atoms with E-state index in [1.54, 1.807) is 6.07 Å². The molecular weight excluding hydrogens is 485 g/mol. The number of aryl methyl sites for hydroxylation is 1. The highest BCUT2D eigenvalue weighted by Crippen LogP contribution is 2.31. The van der Waals surface area contributed by atoms with Crippen molar-refractivity contribution in [1.82, 2.24) is 30.0 Å². The summed E-state index contributed by atoms with van der Waals surface area (Å²) in [5.41, 5.74) is 3.29. The summed E-state index contributed by atoms with van der Waals surface area (Å²) < 4.78 is 1.90. The molecule has 2 aromatic heterocycles. The molecule has 2 aliphatic heterocycles. The van der Waals surface area contributed by atoms with E-state index in [-0.39, 0.29) is 18.1 Å². The van der Waals surface area contributed by atoms with Gasteiger partial charge in [0.2, 0.25) is 0 Å². The third-order valence-electron chi connectivity index (χ3n) is 7.39. The second kappa shape index (κ2) is 10.2. The van der Waals surface area contributed by atoms with Crippen LogP contribution < -0.4 is 10.2 Å². The third kappa shape index (κ3) is 4.87. The number of benzene rings is 1. The van der Waals surface area contributed by atoms with Crippen LogP contribution in [0.4, 0.5) is 5.82 Å². The molecule has 2 N–H and O–H groups in total. The van der Waals surface area contributed by atoms with Crippen LogP contribution in [0.15, 0.2) is 24.4 Å². The molecule has 0 bridgehead atoms. The van der Waals surface area contributed by atoms with E-state index in [0.29, 0.717) is 10.0 Å². The number of aliphatic hydroxyl groups is 1. The Labute approximate surface area is 216 Å². The average Bonchev–Trinajstić information content (AvgIpc) is 3.19. The summed E-state index contributed by atoms with van der Waals surface area (Å²) in [6.45, 7) is 9.48. The summed E-state index contributed by atoms with van der Waals surface area (Å²) in [6, 6.07) is 5.73. The Morgan fingerprint density at radius 1 is 1.20 bits per heavy atom. The molecule has 5 rings (SSSR count). The summed E-state index contributed by atoms with van der Waals surface area (Å²) in [6.07, 6.45) is 4.76. The minimum absolute atomic E-state index is 0.130. The Morgan fingerprint density at radius 2 is 2.03 bits per heavy atom. The maximum atomic E-state index is 11.0. The van der Waals surface area contributed by atoms with Crippen LogP contribution in [-0.4, -0.2) is 74.2 Å². The number of piperidine rings is 1. The van der Waals surface area contributed by atoms with E-state index in [9.17, 15) is 5.11 Å². The van der Waals surface area contributed by atoms with Crippen LogP contribution in [0.25, 0.3) is 11.2 Å². The second-order valence-electron chi connectivity index (χ2n) is 9.78. The van der Waals surface area contributed by atoms with Gasteiger partial charge in [0.05, 0.1) is 17.9 Å². The van der Waals surface area contributed by atoms with E-state index in [1.165, 1.54) is 12.8 Å². The Hall–Kier alpha value is -1.97. The number of piperazine rings is 1. The number of aromatic nitrogens is 4. The highest BCUT2D eigenvalue weighted by Gasteiger charge is 2.34. The molecule has 4 unspecified atom stereocenters. The van der Waals surface area contributed by atoms with Crippen molar-refractivity contribution in [2.24, 2.45) is 0 Å². The molecule has 0 spiro atoms. The van der Waals surface area contributed by atoms with Gasteiger partial charge in [-0.1, -0.05) is 35.7 Å². The number of fused-ring (bicyclic) bond motifs is 1. The Morgan fingerprint density at radius 3 is 2.74 bits per heavy atom. The standard InChI is InChI=1S/C25H33Cl2N7O/c1-15-14-32(10-11-33(15)25(35)21-6-4-5-9-28-21)22-13-29-23-16(2)31-34(24(23)30-22)17(3)19-8-7-18(26)12-20(19)27/h7-8,12-13,15,17,21,25,28,35H,4-6,9-11,14H2,1-3H3. The van der Waals surface area contributed by atoms with E-state index in [4.69, 9.17) is 38.3 Å². The molecule has 0 amide bonds. The zero-order valence-electron chi connectivity index (χ0n) is 20.5. The van der Waals surface area contributed by atoms with Crippen molar-refractivity contribution in [3.8, 4) is 0 Å². The molecule has 4 heterocycles. The van der Waals surface area contributed by atoms with Crippen molar-refractivity contribution in [2.75, 3.05) is 31.1 Å². The van der Waals surface area contributed by atoms with Crippen LogP contribution in [0.2, 0.25) is 10.0 Å². The van der Waals surface area contributed by atoms with Gasteiger partial charge in [0.25, 0.3) is 0 Å². The monoisotopic (exact) mass is 517 g/mol. The predicted molar refractivity (Wildman–Crippen MR) is 140 cm³/mol. The van der Waals surface area contributed by atoms with Gasteiger partial charge in [0, 0.05) is 41.8 Å². The largest absolute Gasteiger partial charge is 0.377 e. The Bertz CT molecular complexity index is 1200. The number of rotatable bonds is 5. The van der Waals surface area contributed by atoms with E-state index >= 15 is 0 Å². The first-order chi connectivity index (χ1) is 16.8. The molecule has 8 nitrogen and oxygen atoms in total. The molecule has 3 aromatic rings. The highest BCUT2D eigenvalue weighted by atomic mass is 35.5. The fourth-order valence-corrected chi connectivity index (χ4v) is 5.94. The Kier molecular flexibility index (Phi) is 7.19. The smallest absolute Gasteiger partial charge is 0.179 e. The van der Waals surface area contributed by atoms with Crippen molar-refractivity contribution >= 4 is 40.2 Å². The number of hydrogen-bond acceptors (Lipinski definition) is 7. The normalized spacial score (nSPS) is 23.5. The number of hydrogen-bond donors (Lipinski definition) is 2. The molecule has 188 valence electrons. The van der Waals surface area contributed by atoms with E-state index in [2.05, 4.69) is 29.0 Å². The second-order valence-corrected chi connectivity index (χ2v) is 10.6. The van der Waals surface area contributed by atoms with Gasteiger partial charge >= 0.3 is 0 Å². The van der Waals surface area contributed by atoms with Crippen LogP contribution in [-0.2, 0) is 0 Å². The van der Waals surface area contributed by atoms with E-state index in [1.807, 2.05) is 29.9 Å².